The summed E-state index contributed by atoms with van der Waals surface area (Å²) in [6.45, 7) is 2.19. The lowest BCUT2D eigenvalue weighted by atomic mass is 10.1. The standard InChI is InChI=1S/C18H14N4O4/c1-3-22-15-12(16(23)21(2)18(25)19-15)9-13(20-22)11-8-10-6-4-5-7-14(10)26-17(11)24/h4-9H,3H2,1-2H3. The summed E-state index contributed by atoms with van der Waals surface area (Å²) in [4.78, 5) is 40.6. The van der Waals surface area contributed by atoms with E-state index in [0.29, 0.717) is 12.1 Å². The van der Waals surface area contributed by atoms with Crippen molar-refractivity contribution >= 4 is 11.0 Å². The Balaban J connectivity index is 2.09. The number of benzene rings is 1. The molecule has 0 spiro atoms. The van der Waals surface area contributed by atoms with E-state index in [9.17, 15) is 14.4 Å². The van der Waals surface area contributed by atoms with Gasteiger partial charge in [0.25, 0.3) is 5.56 Å². The van der Waals surface area contributed by atoms with Crippen LogP contribution in [0.15, 0.2) is 55.2 Å². The van der Waals surface area contributed by atoms with Crippen molar-refractivity contribution in [3.05, 3.63) is 67.7 Å². The van der Waals surface area contributed by atoms with Crippen molar-refractivity contribution < 1.29 is 4.42 Å². The third-order valence-electron chi connectivity index (χ3n) is 4.24. The molecule has 0 amide bonds. The van der Waals surface area contributed by atoms with Crippen LogP contribution >= 0.6 is 0 Å². The highest BCUT2D eigenvalue weighted by Gasteiger charge is 2.20. The summed E-state index contributed by atoms with van der Waals surface area (Å²) in [7, 11) is 1.36. The molecule has 0 saturated heterocycles. The normalized spacial score (nSPS) is 11.3. The molecule has 0 radical (unpaired) electrons. The van der Waals surface area contributed by atoms with Gasteiger partial charge in [-0.25, -0.2) is 14.3 Å². The van der Waals surface area contributed by atoms with Gasteiger partial charge in [-0.05, 0) is 25.1 Å². The van der Waals surface area contributed by atoms with Crippen molar-refractivity contribution in [3.8, 4) is 22.6 Å². The van der Waals surface area contributed by atoms with Crippen LogP contribution in [0.4, 0.5) is 0 Å². The second-order valence-corrected chi connectivity index (χ2v) is 5.83. The number of aryl methyl sites for hydroxylation is 1. The van der Waals surface area contributed by atoms with Crippen LogP contribution < -0.4 is 16.9 Å². The Morgan fingerprint density at radius 2 is 1.85 bits per heavy atom. The van der Waals surface area contributed by atoms with E-state index in [1.54, 1.807) is 18.2 Å². The predicted molar refractivity (Wildman–Crippen MR) is 95.3 cm³/mol. The van der Waals surface area contributed by atoms with Gasteiger partial charge in [-0.3, -0.25) is 9.36 Å². The smallest absolute Gasteiger partial charge is 0.352 e. The van der Waals surface area contributed by atoms with E-state index in [2.05, 4.69) is 10.1 Å². The van der Waals surface area contributed by atoms with Gasteiger partial charge in [-0.1, -0.05) is 18.2 Å². The average molecular weight is 350 g/mol. The summed E-state index contributed by atoms with van der Waals surface area (Å²) in [5.74, 6) is 0.189. The second kappa shape index (κ2) is 5.76. The fraction of sp³-hybridized carbons (Fsp3) is 0.167. The summed E-state index contributed by atoms with van der Waals surface area (Å²) in [6.07, 6.45) is 0. The molecule has 0 saturated carbocycles. The van der Waals surface area contributed by atoms with E-state index < -0.39 is 16.9 Å². The zero-order valence-electron chi connectivity index (χ0n) is 14.1. The van der Waals surface area contributed by atoms with Gasteiger partial charge in [0.15, 0.2) is 5.82 Å². The minimum absolute atomic E-state index is 0.189. The Morgan fingerprint density at radius 3 is 2.62 bits per heavy atom. The largest absolute Gasteiger partial charge is 0.422 e. The van der Waals surface area contributed by atoms with Gasteiger partial charge in [0.05, 0.1) is 16.8 Å². The van der Waals surface area contributed by atoms with E-state index in [1.165, 1.54) is 17.8 Å². The molecule has 8 heteroatoms. The summed E-state index contributed by atoms with van der Waals surface area (Å²) >= 11 is 0. The highest BCUT2D eigenvalue weighted by atomic mass is 16.4. The summed E-state index contributed by atoms with van der Waals surface area (Å²) in [6, 6.07) is 10.3. The molecule has 0 unspecified atom stereocenters. The lowest BCUT2D eigenvalue weighted by Crippen LogP contribution is -2.36. The minimum Gasteiger partial charge on any atom is -0.422 e. The van der Waals surface area contributed by atoms with Crippen LogP contribution in [0.3, 0.4) is 0 Å². The number of fused-ring (bicyclic) bond motifs is 2. The van der Waals surface area contributed by atoms with Gasteiger partial charge >= 0.3 is 11.3 Å². The molecule has 2 aliphatic heterocycles. The molecule has 0 aliphatic carbocycles. The maximum absolute atomic E-state index is 12.5. The fourth-order valence-electron chi connectivity index (χ4n) is 2.85. The van der Waals surface area contributed by atoms with Crippen molar-refractivity contribution in [2.45, 2.75) is 13.5 Å². The Hall–Kier alpha value is -3.55. The van der Waals surface area contributed by atoms with Crippen LogP contribution in [-0.2, 0) is 13.6 Å². The number of hydrogen-bond donors (Lipinski definition) is 0. The van der Waals surface area contributed by atoms with Crippen molar-refractivity contribution in [3.63, 3.8) is 0 Å². The molecule has 0 fully saturated rings. The number of rotatable bonds is 2. The third-order valence-corrected chi connectivity index (χ3v) is 4.24. The van der Waals surface area contributed by atoms with Crippen molar-refractivity contribution in [2.75, 3.05) is 0 Å². The summed E-state index contributed by atoms with van der Waals surface area (Å²) in [5, 5.41) is 5.12. The SMILES string of the molecule is CCn1nc(-c2cc3ccccc3oc2=O)cc2c(=O)n(C)c(=O)nc1-2. The number of para-hydroxylation sites is 1. The molecule has 0 atom stereocenters. The molecule has 1 aromatic carbocycles. The van der Waals surface area contributed by atoms with Gasteiger partial charge in [0.2, 0.25) is 0 Å². The highest BCUT2D eigenvalue weighted by Crippen LogP contribution is 2.23. The maximum atomic E-state index is 12.5. The summed E-state index contributed by atoms with van der Waals surface area (Å²) in [5.41, 5.74) is -0.480. The zero-order valence-corrected chi connectivity index (χ0v) is 14.1. The van der Waals surface area contributed by atoms with Crippen molar-refractivity contribution in [2.24, 2.45) is 7.05 Å². The van der Waals surface area contributed by atoms with E-state index in [1.807, 2.05) is 19.1 Å². The van der Waals surface area contributed by atoms with Gasteiger partial charge in [-0.2, -0.15) is 10.1 Å². The average Bonchev–Trinajstić information content (AvgIpc) is 2.65. The van der Waals surface area contributed by atoms with Crippen LogP contribution in [0.5, 0.6) is 0 Å². The Kier molecular flexibility index (Phi) is 3.54. The lowest BCUT2D eigenvalue weighted by molar-refractivity contribution is 0.561. The number of nitrogens with zero attached hydrogens (tertiary/aromatic N) is 4. The molecule has 130 valence electrons. The van der Waals surface area contributed by atoms with Gasteiger partial charge in [0.1, 0.15) is 5.58 Å². The van der Waals surface area contributed by atoms with Crippen LogP contribution in [0, 0.1) is 0 Å². The van der Waals surface area contributed by atoms with Crippen LogP contribution in [0.25, 0.3) is 33.6 Å². The minimum atomic E-state index is -0.649. The van der Waals surface area contributed by atoms with Crippen LogP contribution in [-0.4, -0.2) is 19.3 Å². The first-order valence-electron chi connectivity index (χ1n) is 8.01. The topological polar surface area (TPSA) is 100.0 Å². The van der Waals surface area contributed by atoms with Gasteiger partial charge in [0, 0.05) is 19.0 Å². The number of hydrogen-bond acceptors (Lipinski definition) is 6. The molecular formula is C18H14N4O4. The van der Waals surface area contributed by atoms with Gasteiger partial charge in [-0.15, -0.1) is 0 Å². The highest BCUT2D eigenvalue weighted by molar-refractivity contribution is 5.81. The van der Waals surface area contributed by atoms with Crippen LogP contribution in [0.1, 0.15) is 6.92 Å². The lowest BCUT2D eigenvalue weighted by Gasteiger charge is -2.14. The molecule has 4 rings (SSSR count). The second-order valence-electron chi connectivity index (χ2n) is 5.83. The first-order chi connectivity index (χ1) is 12.5. The fourth-order valence-corrected chi connectivity index (χ4v) is 2.85. The molecule has 0 N–H and O–H groups in total. The maximum Gasteiger partial charge on any atom is 0.352 e. The quantitative estimate of drug-likeness (QED) is 0.504. The van der Waals surface area contributed by atoms with E-state index >= 15 is 0 Å². The predicted octanol–water partition coefficient (Wildman–Crippen LogP) is 1.24. The van der Waals surface area contributed by atoms with Gasteiger partial charge < -0.3 is 4.42 Å². The van der Waals surface area contributed by atoms with Crippen LogP contribution in [0.2, 0.25) is 0 Å². The van der Waals surface area contributed by atoms with E-state index in [4.69, 9.17) is 4.42 Å². The molecule has 26 heavy (non-hydrogen) atoms. The Morgan fingerprint density at radius 1 is 1.08 bits per heavy atom. The van der Waals surface area contributed by atoms with Crippen molar-refractivity contribution in [1.82, 2.24) is 19.3 Å². The molecule has 3 heterocycles. The van der Waals surface area contributed by atoms with E-state index in [0.717, 1.165) is 9.95 Å². The molecule has 2 aliphatic rings. The summed E-state index contributed by atoms with van der Waals surface area (Å²) < 4.78 is 7.71. The molecule has 1 aromatic heterocycles. The zero-order chi connectivity index (χ0) is 18.4. The molecule has 8 nitrogen and oxygen atoms in total. The van der Waals surface area contributed by atoms with Crippen molar-refractivity contribution in [1.29, 1.82) is 0 Å². The Labute approximate surface area is 146 Å². The first kappa shape index (κ1) is 15.9. The molecule has 0 bridgehead atoms. The monoisotopic (exact) mass is 350 g/mol. The number of aromatic nitrogens is 4. The molecular weight excluding hydrogens is 336 g/mol. The van der Waals surface area contributed by atoms with E-state index in [-0.39, 0.29) is 22.6 Å². The molecule has 2 aromatic rings. The Bertz CT molecular complexity index is 1300. The first-order valence-corrected chi connectivity index (χ1v) is 8.01. The third kappa shape index (κ3) is 2.34.